The van der Waals surface area contributed by atoms with Gasteiger partial charge in [-0.2, -0.15) is 0 Å². The molecule has 3 rings (SSSR count). The molecule has 1 N–H and O–H groups in total. The van der Waals surface area contributed by atoms with Crippen LogP contribution in [0.1, 0.15) is 4.88 Å². The molecule has 0 spiro atoms. The number of imide groups is 1. The molecule has 2 aliphatic heterocycles. The van der Waals surface area contributed by atoms with Crippen LogP contribution in [0.4, 0.5) is 4.79 Å². The first-order valence-electron chi connectivity index (χ1n) is 6.39. The van der Waals surface area contributed by atoms with Crippen molar-refractivity contribution in [2.45, 2.75) is 0 Å². The molecular formula is C13H11N3O3S3. The third kappa shape index (κ3) is 3.42. The van der Waals surface area contributed by atoms with Crippen molar-refractivity contribution in [3.63, 3.8) is 0 Å². The second-order valence-corrected chi connectivity index (χ2v) is 7.42. The first-order chi connectivity index (χ1) is 10.6. The molecule has 3 amide bonds. The van der Waals surface area contributed by atoms with Crippen LogP contribution in [0, 0.1) is 0 Å². The molecule has 1 saturated heterocycles. The van der Waals surface area contributed by atoms with Crippen molar-refractivity contribution in [3.8, 4) is 0 Å². The minimum absolute atomic E-state index is 0.286. The molecule has 9 heteroatoms. The largest absolute Gasteiger partial charge is 0.304 e. The Morgan fingerprint density at radius 3 is 3.00 bits per heavy atom. The third-order valence-electron chi connectivity index (χ3n) is 2.82. The normalized spacial score (nSPS) is 19.9. The number of nitrogens with one attached hydrogen (secondary N) is 1. The molecule has 6 nitrogen and oxygen atoms in total. The van der Waals surface area contributed by atoms with Gasteiger partial charge in [0.05, 0.1) is 11.4 Å². The second kappa shape index (κ2) is 6.67. The lowest BCUT2D eigenvalue weighted by Crippen LogP contribution is -2.40. The minimum Gasteiger partial charge on any atom is -0.304 e. The van der Waals surface area contributed by atoms with E-state index >= 15 is 0 Å². The lowest BCUT2D eigenvalue weighted by atomic mass is 10.3. The molecule has 0 saturated carbocycles. The summed E-state index contributed by atoms with van der Waals surface area (Å²) in [5.41, 5.74) is 0. The highest BCUT2D eigenvalue weighted by Crippen LogP contribution is 2.32. The highest BCUT2D eigenvalue weighted by atomic mass is 32.2. The van der Waals surface area contributed by atoms with Gasteiger partial charge in [-0.1, -0.05) is 17.8 Å². The topological polar surface area (TPSA) is 78.8 Å². The predicted octanol–water partition coefficient (Wildman–Crippen LogP) is 2.00. The Morgan fingerprint density at radius 2 is 2.32 bits per heavy atom. The Morgan fingerprint density at radius 1 is 1.45 bits per heavy atom. The Kier molecular flexibility index (Phi) is 4.65. The van der Waals surface area contributed by atoms with E-state index < -0.39 is 17.1 Å². The summed E-state index contributed by atoms with van der Waals surface area (Å²) < 4.78 is 0. The van der Waals surface area contributed by atoms with E-state index in [0.717, 1.165) is 27.3 Å². The molecule has 1 aromatic rings. The predicted molar refractivity (Wildman–Crippen MR) is 89.9 cm³/mol. The molecule has 0 radical (unpaired) electrons. The van der Waals surface area contributed by atoms with E-state index in [0.29, 0.717) is 16.6 Å². The van der Waals surface area contributed by atoms with E-state index in [-0.39, 0.29) is 6.54 Å². The van der Waals surface area contributed by atoms with Crippen molar-refractivity contribution in [2.24, 2.45) is 4.99 Å². The van der Waals surface area contributed by atoms with Crippen molar-refractivity contribution in [3.05, 3.63) is 27.3 Å². The summed E-state index contributed by atoms with van der Waals surface area (Å²) in [6.07, 6.45) is 1.67. The fraction of sp³-hybridized carbons (Fsp3) is 0.231. The maximum absolute atomic E-state index is 12.2. The zero-order chi connectivity index (χ0) is 15.5. The zero-order valence-electron chi connectivity index (χ0n) is 11.3. The van der Waals surface area contributed by atoms with Gasteiger partial charge in [0.1, 0.15) is 6.54 Å². The summed E-state index contributed by atoms with van der Waals surface area (Å²) in [5, 5.41) is 4.62. The van der Waals surface area contributed by atoms with Crippen LogP contribution in [0.25, 0.3) is 6.08 Å². The number of amidine groups is 1. The number of hydrogen-bond donors (Lipinski definition) is 1. The van der Waals surface area contributed by atoms with Gasteiger partial charge in [-0.15, -0.1) is 11.3 Å². The molecule has 22 heavy (non-hydrogen) atoms. The van der Waals surface area contributed by atoms with E-state index in [4.69, 9.17) is 0 Å². The van der Waals surface area contributed by atoms with Crippen LogP contribution in [0.5, 0.6) is 0 Å². The Labute approximate surface area is 139 Å². The fourth-order valence-electron chi connectivity index (χ4n) is 1.85. The fourth-order valence-corrected chi connectivity index (χ4v) is 4.16. The maximum atomic E-state index is 12.2. The van der Waals surface area contributed by atoms with Gasteiger partial charge in [0.2, 0.25) is 5.91 Å². The Bertz CT molecular complexity index is 682. The van der Waals surface area contributed by atoms with E-state index in [2.05, 4.69) is 10.3 Å². The molecule has 0 bridgehead atoms. The average molecular weight is 353 g/mol. The van der Waals surface area contributed by atoms with Crippen molar-refractivity contribution < 1.29 is 14.4 Å². The lowest BCUT2D eigenvalue weighted by Gasteiger charge is -2.11. The number of thioether (sulfide) groups is 2. The van der Waals surface area contributed by atoms with E-state index in [9.17, 15) is 14.4 Å². The number of carbonyl (C=O) groups is 3. The third-order valence-corrected chi connectivity index (χ3v) is 5.44. The van der Waals surface area contributed by atoms with Crippen LogP contribution in [0.2, 0.25) is 0 Å². The highest BCUT2D eigenvalue weighted by molar-refractivity contribution is 8.18. The average Bonchev–Trinajstić information content (AvgIpc) is 3.20. The molecule has 114 valence electrons. The highest BCUT2D eigenvalue weighted by Gasteiger charge is 2.36. The van der Waals surface area contributed by atoms with Gasteiger partial charge >= 0.3 is 0 Å². The van der Waals surface area contributed by atoms with Gasteiger partial charge in [0.15, 0.2) is 5.17 Å². The molecule has 0 aliphatic carbocycles. The van der Waals surface area contributed by atoms with Crippen LogP contribution in [-0.2, 0) is 9.59 Å². The van der Waals surface area contributed by atoms with Gasteiger partial charge in [-0.05, 0) is 29.3 Å². The van der Waals surface area contributed by atoms with Gasteiger partial charge in [-0.25, -0.2) is 0 Å². The first kappa shape index (κ1) is 15.3. The monoisotopic (exact) mass is 353 g/mol. The summed E-state index contributed by atoms with van der Waals surface area (Å²) in [6.45, 7) is 0.386. The van der Waals surface area contributed by atoms with E-state index in [1.54, 1.807) is 6.08 Å². The first-order valence-corrected chi connectivity index (χ1v) is 9.07. The van der Waals surface area contributed by atoms with Crippen LogP contribution in [0.3, 0.4) is 0 Å². The molecule has 0 atom stereocenters. The summed E-state index contributed by atoms with van der Waals surface area (Å²) in [5.74, 6) is -0.00631. The Balaban J connectivity index is 1.65. The molecule has 1 fully saturated rings. The molecule has 1 aromatic heterocycles. The maximum Gasteiger partial charge on any atom is 0.294 e. The van der Waals surface area contributed by atoms with Gasteiger partial charge in [0.25, 0.3) is 11.1 Å². The number of hydrogen-bond acceptors (Lipinski definition) is 7. The molecule has 2 aliphatic rings. The Hall–Kier alpha value is -1.58. The van der Waals surface area contributed by atoms with E-state index in [1.807, 2.05) is 17.5 Å². The van der Waals surface area contributed by atoms with Crippen molar-refractivity contribution in [1.29, 1.82) is 0 Å². The summed E-state index contributed by atoms with van der Waals surface area (Å²) >= 11 is 3.78. The summed E-state index contributed by atoms with van der Waals surface area (Å²) in [6, 6.07) is 3.73. The SMILES string of the molecule is O=C(CN1C(=O)S/C(=C/c2cccs2)C1=O)NC1=NCCS1. The minimum atomic E-state index is -0.431. The number of nitrogens with zero attached hydrogens (tertiary/aromatic N) is 2. The van der Waals surface area contributed by atoms with E-state index in [1.165, 1.54) is 23.1 Å². The molecule has 0 unspecified atom stereocenters. The zero-order valence-corrected chi connectivity index (χ0v) is 13.7. The standard InChI is InChI=1S/C13H11N3O3S3/c17-10(15-12-14-3-5-21-12)7-16-11(18)9(22-13(16)19)6-8-2-1-4-20-8/h1-2,4,6H,3,5,7H2,(H,14,15,17)/b9-6+. The summed E-state index contributed by atoms with van der Waals surface area (Å²) in [7, 11) is 0. The number of rotatable bonds is 3. The number of thiophene rings is 1. The molecule has 0 aromatic carbocycles. The second-order valence-electron chi connectivity index (χ2n) is 4.37. The summed E-state index contributed by atoms with van der Waals surface area (Å²) in [4.78, 5) is 42.3. The van der Waals surface area contributed by atoms with Crippen LogP contribution < -0.4 is 5.32 Å². The quantitative estimate of drug-likeness (QED) is 0.841. The smallest absolute Gasteiger partial charge is 0.294 e. The number of aliphatic imine (C=N–C) groups is 1. The van der Waals surface area contributed by atoms with Crippen LogP contribution >= 0.6 is 34.9 Å². The van der Waals surface area contributed by atoms with Crippen LogP contribution in [0.15, 0.2) is 27.4 Å². The van der Waals surface area contributed by atoms with Gasteiger partial charge in [-0.3, -0.25) is 24.3 Å². The van der Waals surface area contributed by atoms with Crippen molar-refractivity contribution in [1.82, 2.24) is 10.2 Å². The van der Waals surface area contributed by atoms with Gasteiger partial charge < -0.3 is 5.32 Å². The van der Waals surface area contributed by atoms with Crippen molar-refractivity contribution >= 4 is 63.2 Å². The molecular weight excluding hydrogens is 342 g/mol. The van der Waals surface area contributed by atoms with Gasteiger partial charge in [0, 0.05) is 10.6 Å². The molecule has 3 heterocycles. The number of carbonyl (C=O) groups excluding carboxylic acids is 3. The number of amides is 3. The van der Waals surface area contributed by atoms with Crippen molar-refractivity contribution in [2.75, 3.05) is 18.8 Å². The van der Waals surface area contributed by atoms with Crippen LogP contribution in [-0.4, -0.2) is 46.0 Å². The lowest BCUT2D eigenvalue weighted by molar-refractivity contribution is -0.128.